The third kappa shape index (κ3) is 7.03. The molecule has 0 spiro atoms. The number of aromatic nitrogens is 1. The Balaban J connectivity index is 1.01. The van der Waals surface area contributed by atoms with Crippen molar-refractivity contribution in [3.8, 4) is 50.2 Å². The normalized spacial score (nSPS) is 11.4. The predicted octanol–water partition coefficient (Wildman–Crippen LogP) is 17.1. The van der Waals surface area contributed by atoms with E-state index in [4.69, 9.17) is 0 Å². The fourth-order valence-electron chi connectivity index (χ4n) is 9.88. The molecular weight excluding hydrogens is 785 g/mol. The highest BCUT2D eigenvalue weighted by atomic mass is 15.1. The van der Waals surface area contributed by atoms with Crippen molar-refractivity contribution in [2.45, 2.75) is 6.54 Å². The number of para-hydroxylation sites is 2. The number of hydrogen-bond donors (Lipinski definition) is 0. The van der Waals surface area contributed by atoms with E-state index >= 15 is 0 Å². The van der Waals surface area contributed by atoms with E-state index in [2.05, 4.69) is 264 Å². The standard InChI is InChI=1S/C63H44N2/c1-2-15-45(16-3-1)46-33-31-44(32-34-46)43-64(52-38-35-47(36-39-52)50-21-12-22-53(41-50)65-61-29-10-8-25-58(61)59-26-9-11-30-62(59)65)63-42-51(56-27-13-19-48-17-4-6-23-54(48)56)37-40-60(63)57-28-14-20-49-18-5-7-24-55(49)57/h1-42H,43H2. The van der Waals surface area contributed by atoms with Gasteiger partial charge in [-0.25, -0.2) is 0 Å². The summed E-state index contributed by atoms with van der Waals surface area (Å²) >= 11 is 0. The molecule has 0 atom stereocenters. The number of hydrogen-bond acceptors (Lipinski definition) is 1. The summed E-state index contributed by atoms with van der Waals surface area (Å²) in [5.41, 5.74) is 16.6. The molecule has 0 aliphatic rings. The average molecular weight is 829 g/mol. The molecule has 1 aromatic heterocycles. The summed E-state index contributed by atoms with van der Waals surface area (Å²) < 4.78 is 2.39. The highest BCUT2D eigenvalue weighted by Gasteiger charge is 2.20. The summed E-state index contributed by atoms with van der Waals surface area (Å²) in [4.78, 5) is 2.52. The monoisotopic (exact) mass is 828 g/mol. The number of fused-ring (bicyclic) bond motifs is 5. The molecule has 65 heavy (non-hydrogen) atoms. The maximum atomic E-state index is 2.52. The van der Waals surface area contributed by atoms with Crippen LogP contribution in [-0.2, 0) is 6.54 Å². The van der Waals surface area contributed by atoms with Gasteiger partial charge in [-0.1, -0.05) is 212 Å². The van der Waals surface area contributed by atoms with Gasteiger partial charge < -0.3 is 9.47 Å². The first-order chi connectivity index (χ1) is 32.2. The molecule has 12 aromatic rings. The first kappa shape index (κ1) is 38.2. The first-order valence-electron chi connectivity index (χ1n) is 22.4. The van der Waals surface area contributed by atoms with Crippen LogP contribution in [0.2, 0.25) is 0 Å². The van der Waals surface area contributed by atoms with Gasteiger partial charge >= 0.3 is 0 Å². The van der Waals surface area contributed by atoms with Crippen LogP contribution in [0.15, 0.2) is 255 Å². The molecule has 0 fully saturated rings. The van der Waals surface area contributed by atoms with E-state index in [1.807, 2.05) is 0 Å². The SMILES string of the molecule is c1ccc(-c2ccc(CN(c3ccc(-c4cccc(-n5c6ccccc6c6ccccc65)c4)cc3)c3cc(-c4cccc5ccccc45)ccc3-c3cccc4ccccc34)cc2)cc1. The van der Waals surface area contributed by atoms with Crippen molar-refractivity contribution >= 4 is 54.7 Å². The molecule has 0 amide bonds. The van der Waals surface area contributed by atoms with Gasteiger partial charge in [0.25, 0.3) is 0 Å². The zero-order valence-electron chi connectivity index (χ0n) is 35.9. The summed E-state index contributed by atoms with van der Waals surface area (Å²) in [6.07, 6.45) is 0. The van der Waals surface area contributed by atoms with E-state index in [0.717, 1.165) is 17.1 Å². The number of anilines is 2. The van der Waals surface area contributed by atoms with Gasteiger partial charge in [0.05, 0.1) is 11.0 Å². The van der Waals surface area contributed by atoms with Crippen LogP contribution in [0.3, 0.4) is 0 Å². The highest BCUT2D eigenvalue weighted by Crippen LogP contribution is 2.43. The van der Waals surface area contributed by atoms with Crippen LogP contribution in [0, 0.1) is 0 Å². The second kappa shape index (κ2) is 16.3. The molecule has 0 bridgehead atoms. The van der Waals surface area contributed by atoms with Crippen LogP contribution >= 0.6 is 0 Å². The van der Waals surface area contributed by atoms with Gasteiger partial charge in [0, 0.05) is 39.9 Å². The van der Waals surface area contributed by atoms with Crippen LogP contribution in [0.1, 0.15) is 5.56 Å². The fourth-order valence-corrected chi connectivity index (χ4v) is 9.88. The predicted molar refractivity (Wildman–Crippen MR) is 276 cm³/mol. The minimum Gasteiger partial charge on any atom is -0.336 e. The van der Waals surface area contributed by atoms with E-state index in [1.54, 1.807) is 0 Å². The van der Waals surface area contributed by atoms with Gasteiger partial charge in [-0.3, -0.25) is 0 Å². The van der Waals surface area contributed by atoms with Crippen molar-refractivity contribution < 1.29 is 0 Å². The van der Waals surface area contributed by atoms with Gasteiger partial charge in [0.1, 0.15) is 0 Å². The van der Waals surface area contributed by atoms with Gasteiger partial charge in [-0.15, -0.1) is 0 Å². The maximum absolute atomic E-state index is 2.52. The van der Waals surface area contributed by atoms with Crippen molar-refractivity contribution in [1.82, 2.24) is 4.57 Å². The van der Waals surface area contributed by atoms with E-state index in [1.165, 1.54) is 93.4 Å². The van der Waals surface area contributed by atoms with Crippen LogP contribution in [-0.4, -0.2) is 4.57 Å². The largest absolute Gasteiger partial charge is 0.336 e. The lowest BCUT2D eigenvalue weighted by molar-refractivity contribution is 0.977. The zero-order valence-corrected chi connectivity index (χ0v) is 35.9. The van der Waals surface area contributed by atoms with Crippen LogP contribution in [0.25, 0.3) is 93.5 Å². The molecule has 12 rings (SSSR count). The van der Waals surface area contributed by atoms with Gasteiger partial charge in [-0.05, 0) is 109 Å². The molecule has 0 N–H and O–H groups in total. The second-order valence-electron chi connectivity index (χ2n) is 16.9. The van der Waals surface area contributed by atoms with Crippen molar-refractivity contribution in [2.24, 2.45) is 0 Å². The Labute approximate surface area is 379 Å². The lowest BCUT2D eigenvalue weighted by Gasteiger charge is -2.29. The summed E-state index contributed by atoms with van der Waals surface area (Å²) in [6.45, 7) is 0.675. The first-order valence-corrected chi connectivity index (χ1v) is 22.4. The average Bonchev–Trinajstić information content (AvgIpc) is 3.72. The molecule has 0 unspecified atom stereocenters. The fraction of sp³-hybridized carbons (Fsp3) is 0.0159. The number of nitrogens with zero attached hydrogens (tertiary/aromatic N) is 2. The van der Waals surface area contributed by atoms with Crippen molar-refractivity contribution in [3.63, 3.8) is 0 Å². The summed E-state index contributed by atoms with van der Waals surface area (Å²) in [7, 11) is 0. The van der Waals surface area contributed by atoms with Crippen LogP contribution in [0.5, 0.6) is 0 Å². The van der Waals surface area contributed by atoms with Crippen LogP contribution in [0.4, 0.5) is 11.4 Å². The molecule has 2 heteroatoms. The van der Waals surface area contributed by atoms with E-state index < -0.39 is 0 Å². The molecular formula is C63H44N2. The third-order valence-electron chi connectivity index (χ3n) is 13.1. The van der Waals surface area contributed by atoms with Crippen molar-refractivity contribution in [3.05, 3.63) is 260 Å². The maximum Gasteiger partial charge on any atom is 0.0541 e. The Morgan fingerprint density at radius 2 is 0.800 bits per heavy atom. The highest BCUT2D eigenvalue weighted by molar-refractivity contribution is 6.09. The molecule has 2 nitrogen and oxygen atoms in total. The lowest BCUT2D eigenvalue weighted by Crippen LogP contribution is -2.17. The molecule has 1 heterocycles. The Morgan fingerprint density at radius 1 is 0.308 bits per heavy atom. The molecule has 0 saturated carbocycles. The van der Waals surface area contributed by atoms with Crippen molar-refractivity contribution in [1.29, 1.82) is 0 Å². The summed E-state index contributed by atoms with van der Waals surface area (Å²) in [5.74, 6) is 0. The van der Waals surface area contributed by atoms with Gasteiger partial charge in [-0.2, -0.15) is 0 Å². The van der Waals surface area contributed by atoms with Crippen molar-refractivity contribution in [2.75, 3.05) is 4.90 Å². The van der Waals surface area contributed by atoms with E-state index in [-0.39, 0.29) is 0 Å². The summed E-state index contributed by atoms with van der Waals surface area (Å²) in [6, 6.07) is 93.1. The zero-order chi connectivity index (χ0) is 43.1. The number of benzene rings is 11. The lowest BCUT2D eigenvalue weighted by atomic mass is 9.92. The quantitative estimate of drug-likeness (QED) is 0.141. The van der Waals surface area contributed by atoms with E-state index in [0.29, 0.717) is 6.54 Å². The Hall–Kier alpha value is -8.46. The molecule has 0 radical (unpaired) electrons. The Kier molecular flexibility index (Phi) is 9.61. The minimum absolute atomic E-state index is 0.675. The van der Waals surface area contributed by atoms with Gasteiger partial charge in [0.15, 0.2) is 0 Å². The molecule has 0 aliphatic heterocycles. The second-order valence-corrected chi connectivity index (χ2v) is 16.9. The molecule has 0 saturated heterocycles. The molecule has 0 aliphatic carbocycles. The van der Waals surface area contributed by atoms with Gasteiger partial charge in [0.2, 0.25) is 0 Å². The molecule has 306 valence electrons. The summed E-state index contributed by atoms with van der Waals surface area (Å²) in [5, 5.41) is 7.47. The topological polar surface area (TPSA) is 8.17 Å². The Bertz CT molecular complexity index is 3610. The number of rotatable bonds is 9. The third-order valence-corrected chi connectivity index (χ3v) is 13.1. The van der Waals surface area contributed by atoms with E-state index in [9.17, 15) is 0 Å². The Morgan fingerprint density at radius 3 is 1.49 bits per heavy atom. The van der Waals surface area contributed by atoms with Crippen LogP contribution < -0.4 is 4.90 Å². The smallest absolute Gasteiger partial charge is 0.0541 e. The minimum atomic E-state index is 0.675. The molecule has 11 aromatic carbocycles.